The van der Waals surface area contributed by atoms with Gasteiger partial charge in [-0.2, -0.15) is 13.8 Å². The van der Waals surface area contributed by atoms with E-state index in [1.807, 2.05) is 18.2 Å². The fourth-order valence-electron chi connectivity index (χ4n) is 3.58. The van der Waals surface area contributed by atoms with Crippen LogP contribution in [0.3, 0.4) is 0 Å². The maximum atomic E-state index is 13.4. The van der Waals surface area contributed by atoms with E-state index in [2.05, 4.69) is 9.97 Å². The van der Waals surface area contributed by atoms with Crippen molar-refractivity contribution in [2.45, 2.75) is 12.3 Å². The second-order valence-electron chi connectivity index (χ2n) is 6.92. The number of fused-ring (bicyclic) bond motifs is 2. The van der Waals surface area contributed by atoms with Crippen molar-refractivity contribution in [3.63, 3.8) is 0 Å². The summed E-state index contributed by atoms with van der Waals surface area (Å²) in [4.78, 5) is 7.71. The highest BCUT2D eigenvalue weighted by Gasteiger charge is 2.26. The summed E-state index contributed by atoms with van der Waals surface area (Å²) in [5, 5.41) is 0. The van der Waals surface area contributed by atoms with E-state index in [0.717, 1.165) is 17.1 Å². The largest absolute Gasteiger partial charge is 0.497 e. The molecule has 0 spiro atoms. The second-order valence-corrected chi connectivity index (χ2v) is 6.92. The fraction of sp³-hybridized carbons (Fsp3) is 0.182. The average molecular weight is 394 g/mol. The number of hydrogen-bond acceptors (Lipinski definition) is 5. The molecule has 0 aliphatic carbocycles. The first kappa shape index (κ1) is 17.6. The summed E-state index contributed by atoms with van der Waals surface area (Å²) in [6.45, 7) is 0.458. The van der Waals surface area contributed by atoms with Crippen molar-refractivity contribution in [3.05, 3.63) is 71.9 Å². The molecule has 0 unspecified atom stereocenters. The monoisotopic (exact) mass is 394 g/mol. The van der Waals surface area contributed by atoms with Crippen LogP contribution in [0.1, 0.15) is 17.4 Å². The molecule has 29 heavy (non-hydrogen) atoms. The smallest absolute Gasteiger partial charge is 0.216 e. The molecule has 2 aromatic heterocycles. The van der Waals surface area contributed by atoms with Crippen molar-refractivity contribution in [1.29, 1.82) is 0 Å². The maximum absolute atomic E-state index is 13.4. The summed E-state index contributed by atoms with van der Waals surface area (Å²) >= 11 is 0. The minimum absolute atomic E-state index is 0.0405. The molecule has 5 rings (SSSR count). The maximum Gasteiger partial charge on any atom is 0.216 e. The lowest BCUT2D eigenvalue weighted by atomic mass is 9.96. The third-order valence-electron chi connectivity index (χ3n) is 5.02. The molecule has 0 N–H and O–H groups in total. The number of benzene rings is 2. The van der Waals surface area contributed by atoms with E-state index in [-0.39, 0.29) is 5.92 Å². The number of ether oxygens (including phenoxy) is 2. The molecule has 7 heteroatoms. The zero-order valence-electron chi connectivity index (χ0n) is 15.5. The lowest BCUT2D eigenvalue weighted by Gasteiger charge is -2.23. The molecule has 5 nitrogen and oxygen atoms in total. The Kier molecular flexibility index (Phi) is 4.16. The normalized spacial score (nSPS) is 15.8. The summed E-state index contributed by atoms with van der Waals surface area (Å²) in [6.07, 6.45) is 0.715. The highest BCUT2D eigenvalue weighted by Crippen LogP contribution is 2.36. The van der Waals surface area contributed by atoms with Gasteiger partial charge in [0.1, 0.15) is 23.6 Å². The molecular weight excluding hydrogens is 378 g/mol. The van der Waals surface area contributed by atoms with Crippen molar-refractivity contribution in [2.24, 2.45) is 0 Å². The van der Waals surface area contributed by atoms with Crippen molar-refractivity contribution >= 4 is 11.1 Å². The first-order valence-corrected chi connectivity index (χ1v) is 9.13. The number of oxazole rings is 1. The van der Waals surface area contributed by atoms with Crippen LogP contribution in [-0.2, 0) is 6.42 Å². The lowest BCUT2D eigenvalue weighted by molar-refractivity contribution is 0.243. The molecule has 4 aromatic rings. The Labute approximate surface area is 164 Å². The zero-order valence-corrected chi connectivity index (χ0v) is 15.5. The van der Waals surface area contributed by atoms with Crippen LogP contribution in [0.2, 0.25) is 0 Å². The molecule has 0 bridgehead atoms. The van der Waals surface area contributed by atoms with E-state index < -0.39 is 11.9 Å². The molecule has 1 atom stereocenters. The average Bonchev–Trinajstić information content (AvgIpc) is 3.15. The minimum Gasteiger partial charge on any atom is -0.497 e. The SMILES string of the molecule is COc1ccc2c(c1)C[C@@H](c1nc3ccc(-c4cc(F)nc(F)c4)cc3o1)CO2. The Morgan fingerprint density at radius 3 is 2.59 bits per heavy atom. The first-order chi connectivity index (χ1) is 14.1. The Bertz CT molecular complexity index is 1200. The standard InChI is InChI=1S/C22H16F2N2O3/c1-27-16-3-5-18-14(7-16)6-15(11-28-18)22-25-17-4-2-12(8-19(17)29-22)13-9-20(23)26-21(24)10-13/h2-5,7-10,15H,6,11H2,1H3/t15-/m1/s1. The van der Waals surface area contributed by atoms with Crippen LogP contribution in [0.5, 0.6) is 11.5 Å². The van der Waals surface area contributed by atoms with Gasteiger partial charge in [-0.25, -0.2) is 4.98 Å². The highest BCUT2D eigenvalue weighted by atomic mass is 19.1. The molecule has 0 amide bonds. The molecule has 0 saturated heterocycles. The molecule has 1 aliphatic heterocycles. The first-order valence-electron chi connectivity index (χ1n) is 9.13. The molecule has 3 heterocycles. The van der Waals surface area contributed by atoms with E-state index in [0.29, 0.717) is 41.1 Å². The summed E-state index contributed by atoms with van der Waals surface area (Å²) in [6, 6.07) is 13.3. The molecule has 0 saturated carbocycles. The number of rotatable bonds is 3. The van der Waals surface area contributed by atoms with Gasteiger partial charge in [0.25, 0.3) is 0 Å². The van der Waals surface area contributed by atoms with Gasteiger partial charge in [0, 0.05) is 12.1 Å². The molecule has 1 aliphatic rings. The van der Waals surface area contributed by atoms with E-state index in [9.17, 15) is 8.78 Å². The van der Waals surface area contributed by atoms with Gasteiger partial charge in [0.05, 0.1) is 13.0 Å². The Morgan fingerprint density at radius 1 is 0.966 bits per heavy atom. The van der Waals surface area contributed by atoms with Crippen LogP contribution in [0.25, 0.3) is 22.2 Å². The Balaban J connectivity index is 1.47. The van der Waals surface area contributed by atoms with Gasteiger partial charge >= 0.3 is 0 Å². The topological polar surface area (TPSA) is 57.4 Å². The van der Waals surface area contributed by atoms with Crippen LogP contribution in [0.15, 0.2) is 52.9 Å². The Hall–Kier alpha value is -3.48. The van der Waals surface area contributed by atoms with E-state index in [1.54, 1.807) is 25.3 Å². The van der Waals surface area contributed by atoms with Gasteiger partial charge < -0.3 is 13.9 Å². The Morgan fingerprint density at radius 2 is 1.79 bits per heavy atom. The fourth-order valence-corrected chi connectivity index (χ4v) is 3.58. The van der Waals surface area contributed by atoms with E-state index in [4.69, 9.17) is 13.9 Å². The predicted octanol–water partition coefficient (Wildman–Crippen LogP) is 4.90. The van der Waals surface area contributed by atoms with Crippen molar-refractivity contribution in [3.8, 4) is 22.6 Å². The summed E-state index contributed by atoms with van der Waals surface area (Å²) in [7, 11) is 1.63. The van der Waals surface area contributed by atoms with Gasteiger partial charge in [0.15, 0.2) is 5.58 Å². The van der Waals surface area contributed by atoms with Crippen LogP contribution in [-0.4, -0.2) is 23.7 Å². The molecule has 2 aromatic carbocycles. The lowest BCUT2D eigenvalue weighted by Crippen LogP contribution is -2.19. The third-order valence-corrected chi connectivity index (χ3v) is 5.02. The second kappa shape index (κ2) is 6.84. The number of halogens is 2. The zero-order chi connectivity index (χ0) is 20.0. The van der Waals surface area contributed by atoms with Crippen molar-refractivity contribution in [2.75, 3.05) is 13.7 Å². The predicted molar refractivity (Wildman–Crippen MR) is 102 cm³/mol. The number of methoxy groups -OCH3 is 1. The molecule has 146 valence electrons. The number of aromatic nitrogens is 2. The highest BCUT2D eigenvalue weighted by molar-refractivity contribution is 5.80. The van der Waals surface area contributed by atoms with E-state index in [1.165, 1.54) is 12.1 Å². The van der Waals surface area contributed by atoms with Gasteiger partial charge in [-0.15, -0.1) is 0 Å². The quantitative estimate of drug-likeness (QED) is 0.463. The number of pyridine rings is 1. The van der Waals surface area contributed by atoms with Crippen molar-refractivity contribution in [1.82, 2.24) is 9.97 Å². The van der Waals surface area contributed by atoms with Crippen LogP contribution < -0.4 is 9.47 Å². The summed E-state index contributed by atoms with van der Waals surface area (Å²) in [5.41, 5.74) is 3.26. The molecule has 0 radical (unpaired) electrons. The van der Waals surface area contributed by atoms with Gasteiger partial charge in [-0.05, 0) is 53.4 Å². The van der Waals surface area contributed by atoms with Gasteiger partial charge in [-0.1, -0.05) is 6.07 Å². The van der Waals surface area contributed by atoms with E-state index >= 15 is 0 Å². The van der Waals surface area contributed by atoms with Gasteiger partial charge in [0.2, 0.25) is 17.8 Å². The van der Waals surface area contributed by atoms with Crippen LogP contribution in [0, 0.1) is 11.9 Å². The molecular formula is C22H16F2N2O3. The number of nitrogens with zero attached hydrogens (tertiary/aromatic N) is 2. The molecule has 0 fully saturated rings. The summed E-state index contributed by atoms with van der Waals surface area (Å²) in [5.74, 6) is 0.395. The van der Waals surface area contributed by atoms with Crippen molar-refractivity contribution < 1.29 is 22.7 Å². The van der Waals surface area contributed by atoms with Crippen LogP contribution in [0.4, 0.5) is 8.78 Å². The minimum atomic E-state index is -0.869. The third kappa shape index (κ3) is 3.29. The summed E-state index contributed by atoms with van der Waals surface area (Å²) < 4.78 is 44.0. The number of hydrogen-bond donors (Lipinski definition) is 0. The van der Waals surface area contributed by atoms with Gasteiger partial charge in [-0.3, -0.25) is 0 Å². The van der Waals surface area contributed by atoms with Crippen LogP contribution >= 0.6 is 0 Å².